The quantitative estimate of drug-likeness (QED) is 0.374. The number of carbonyl (C=O) groups excluding carboxylic acids is 1. The lowest BCUT2D eigenvalue weighted by Crippen LogP contribution is -2.55. The maximum Gasteiger partial charge on any atom is 0.281 e. The zero-order valence-electron chi connectivity index (χ0n) is 18.2. The summed E-state index contributed by atoms with van der Waals surface area (Å²) in [6, 6.07) is 17.9. The van der Waals surface area contributed by atoms with Crippen LogP contribution in [0.3, 0.4) is 0 Å². The Morgan fingerprint density at radius 2 is 1.79 bits per heavy atom. The lowest BCUT2D eigenvalue weighted by Gasteiger charge is -2.17. The molecule has 1 aromatic heterocycles. The van der Waals surface area contributed by atoms with E-state index in [2.05, 4.69) is 20.8 Å². The molecule has 0 aliphatic carbocycles. The van der Waals surface area contributed by atoms with Crippen molar-refractivity contribution >= 4 is 54.5 Å². The molecule has 5 N–H and O–H groups in total. The molecule has 4 aromatic rings. The first-order valence-corrected chi connectivity index (χ1v) is 12.5. The molecule has 0 saturated heterocycles. The molecule has 4 rings (SSSR count). The number of nitrogens with zero attached hydrogens (tertiary/aromatic N) is 2. The summed E-state index contributed by atoms with van der Waals surface area (Å²) in [6.45, 7) is 0.121. The van der Waals surface area contributed by atoms with Crippen molar-refractivity contribution in [1.82, 2.24) is 4.98 Å². The third kappa shape index (κ3) is 4.82. The molecule has 0 saturated carbocycles. The largest absolute Gasteiger partial charge is 0.377 e. The molecule has 0 aliphatic heterocycles. The normalized spacial score (nSPS) is 11.4. The van der Waals surface area contributed by atoms with Crippen molar-refractivity contribution in [1.29, 1.82) is 0 Å². The second-order valence-electron chi connectivity index (χ2n) is 7.55. The van der Waals surface area contributed by atoms with Crippen molar-refractivity contribution in [2.45, 2.75) is 4.90 Å². The van der Waals surface area contributed by atoms with E-state index in [1.165, 1.54) is 11.3 Å². The maximum atomic E-state index is 13.3. The number of amides is 1. The van der Waals surface area contributed by atoms with Crippen molar-refractivity contribution in [3.8, 4) is 11.3 Å². The first kappa shape index (κ1) is 22.7. The van der Waals surface area contributed by atoms with E-state index in [-0.39, 0.29) is 17.3 Å². The summed E-state index contributed by atoms with van der Waals surface area (Å²) >= 11 is 1.30. The van der Waals surface area contributed by atoms with Crippen LogP contribution in [0.25, 0.3) is 22.0 Å². The average molecular weight is 483 g/mol. The van der Waals surface area contributed by atoms with E-state index in [4.69, 9.17) is 0 Å². The van der Waals surface area contributed by atoms with Crippen LogP contribution in [0.1, 0.15) is 0 Å². The highest BCUT2D eigenvalue weighted by Gasteiger charge is 2.19. The van der Waals surface area contributed by atoms with Crippen LogP contribution in [0.15, 0.2) is 70.9 Å². The molecule has 170 valence electrons. The summed E-state index contributed by atoms with van der Waals surface area (Å²) in [5.74, 6) is -0.218. The second-order valence-corrected chi connectivity index (χ2v) is 10.1. The predicted molar refractivity (Wildman–Crippen MR) is 133 cm³/mol. The highest BCUT2D eigenvalue weighted by atomic mass is 32.2. The fourth-order valence-corrected chi connectivity index (χ4v) is 5.49. The highest BCUT2D eigenvalue weighted by molar-refractivity contribution is 7.93. The number of quaternary nitrogens is 1. The molecule has 33 heavy (non-hydrogen) atoms. The van der Waals surface area contributed by atoms with Crippen LogP contribution < -0.4 is 20.7 Å². The van der Waals surface area contributed by atoms with E-state index in [0.717, 1.165) is 16.6 Å². The number of aromatic nitrogens is 1. The summed E-state index contributed by atoms with van der Waals surface area (Å²) in [6.07, 6.45) is 0. The standard InChI is InChI=1S/C23H23N5O3S2/c1-28(2)20-10-4-9-18-17(20)8-5-11-21(18)33(30,31)27-16-7-3-6-15(12-16)19-14-32-23(25-19)26-22(29)13-24/h3-12,14,27H,13,24H2,1-2H3,(H,25,26,29)/p+1. The van der Waals surface area contributed by atoms with Crippen molar-refractivity contribution in [2.75, 3.05) is 35.6 Å². The molecule has 8 nitrogen and oxygen atoms in total. The van der Waals surface area contributed by atoms with Gasteiger partial charge in [0.2, 0.25) is 0 Å². The molecule has 0 spiro atoms. The van der Waals surface area contributed by atoms with Gasteiger partial charge in [-0.05, 0) is 24.3 Å². The van der Waals surface area contributed by atoms with Gasteiger partial charge in [-0.15, -0.1) is 11.3 Å². The molecule has 0 fully saturated rings. The molecule has 0 aliphatic rings. The molecule has 1 heterocycles. The van der Waals surface area contributed by atoms with Gasteiger partial charge in [-0.1, -0.05) is 36.4 Å². The number of fused-ring (bicyclic) bond motifs is 1. The smallest absolute Gasteiger partial charge is 0.281 e. The molecule has 0 atom stereocenters. The van der Waals surface area contributed by atoms with Crippen molar-refractivity contribution in [3.63, 3.8) is 0 Å². The zero-order chi connectivity index (χ0) is 23.6. The van der Waals surface area contributed by atoms with Gasteiger partial charge in [-0.3, -0.25) is 14.8 Å². The van der Waals surface area contributed by atoms with Crippen molar-refractivity contribution < 1.29 is 18.9 Å². The number of carbonyl (C=O) groups is 1. The monoisotopic (exact) mass is 482 g/mol. The number of sulfonamides is 1. The van der Waals surface area contributed by atoms with Crippen LogP contribution in [0, 0.1) is 0 Å². The molecular weight excluding hydrogens is 458 g/mol. The number of hydrogen-bond acceptors (Lipinski definition) is 6. The Morgan fingerprint density at radius 3 is 2.55 bits per heavy atom. The zero-order valence-corrected chi connectivity index (χ0v) is 19.8. The van der Waals surface area contributed by atoms with Crippen LogP contribution in [0.2, 0.25) is 0 Å². The Kier molecular flexibility index (Phi) is 6.32. The van der Waals surface area contributed by atoms with Crippen LogP contribution >= 0.6 is 11.3 Å². The minimum Gasteiger partial charge on any atom is -0.377 e. The van der Waals surface area contributed by atoms with Gasteiger partial charge in [-0.2, -0.15) is 0 Å². The summed E-state index contributed by atoms with van der Waals surface area (Å²) < 4.78 is 29.3. The highest BCUT2D eigenvalue weighted by Crippen LogP contribution is 2.32. The van der Waals surface area contributed by atoms with Crippen molar-refractivity contribution in [3.05, 3.63) is 66.0 Å². The van der Waals surface area contributed by atoms with Gasteiger partial charge in [0.05, 0.1) is 10.6 Å². The van der Waals surface area contributed by atoms with Crippen molar-refractivity contribution in [2.24, 2.45) is 0 Å². The summed E-state index contributed by atoms with van der Waals surface area (Å²) in [5, 5.41) is 6.46. The minimum absolute atomic E-state index is 0.121. The van der Waals surface area contributed by atoms with Crippen LogP contribution in [0.4, 0.5) is 16.5 Å². The van der Waals surface area contributed by atoms with Gasteiger partial charge in [0.1, 0.15) is 0 Å². The molecule has 0 radical (unpaired) electrons. The van der Waals surface area contributed by atoms with E-state index in [9.17, 15) is 13.2 Å². The first-order valence-electron chi connectivity index (χ1n) is 10.2. The number of rotatable bonds is 7. The van der Waals surface area contributed by atoms with E-state index in [0.29, 0.717) is 21.9 Å². The number of benzene rings is 3. The third-order valence-corrected chi connectivity index (χ3v) is 7.22. The topological polar surface area (TPSA) is 119 Å². The SMILES string of the molecule is CN(C)c1cccc2c(S(=O)(=O)Nc3cccc(-c4csc(NC(=O)C[NH3+])n4)c3)cccc12. The van der Waals surface area contributed by atoms with E-state index in [1.807, 2.05) is 49.3 Å². The molecule has 1 amide bonds. The Labute approximate surface area is 196 Å². The summed E-state index contributed by atoms with van der Waals surface area (Å²) in [4.78, 5) is 18.1. The molecule has 10 heteroatoms. The number of nitrogens with one attached hydrogen (secondary N) is 2. The summed E-state index contributed by atoms with van der Waals surface area (Å²) in [5.41, 5.74) is 6.28. The molecule has 0 unspecified atom stereocenters. The summed E-state index contributed by atoms with van der Waals surface area (Å²) in [7, 11) is 0.00381. The van der Waals surface area contributed by atoms with E-state index >= 15 is 0 Å². The predicted octanol–water partition coefficient (Wildman–Crippen LogP) is 3.01. The maximum absolute atomic E-state index is 13.3. The van der Waals surface area contributed by atoms with Gasteiger partial charge in [-0.25, -0.2) is 13.4 Å². The Morgan fingerprint density at radius 1 is 1.06 bits per heavy atom. The number of thiazole rings is 1. The third-order valence-electron chi connectivity index (χ3n) is 5.02. The first-order chi connectivity index (χ1) is 15.8. The average Bonchev–Trinajstić information content (AvgIpc) is 3.26. The Hall–Kier alpha value is -3.47. The van der Waals surface area contributed by atoms with Crippen LogP contribution in [-0.2, 0) is 14.8 Å². The molecule has 3 aromatic carbocycles. The van der Waals surface area contributed by atoms with Gasteiger partial charge in [0, 0.05) is 47.2 Å². The fourth-order valence-electron chi connectivity index (χ4n) is 3.49. The van der Waals surface area contributed by atoms with E-state index < -0.39 is 10.0 Å². The number of hydrogen-bond donors (Lipinski definition) is 3. The van der Waals surface area contributed by atoms with Gasteiger partial charge in [0.15, 0.2) is 11.7 Å². The minimum atomic E-state index is -3.85. The van der Waals surface area contributed by atoms with Gasteiger partial charge < -0.3 is 10.6 Å². The van der Waals surface area contributed by atoms with Crippen LogP contribution in [-0.4, -0.2) is 39.9 Å². The lowest BCUT2D eigenvalue weighted by atomic mass is 10.1. The van der Waals surface area contributed by atoms with Gasteiger partial charge >= 0.3 is 0 Å². The van der Waals surface area contributed by atoms with Gasteiger partial charge in [0.25, 0.3) is 15.9 Å². The lowest BCUT2D eigenvalue weighted by molar-refractivity contribution is -0.353. The van der Waals surface area contributed by atoms with Crippen LogP contribution in [0.5, 0.6) is 0 Å². The van der Waals surface area contributed by atoms with E-state index in [1.54, 1.807) is 35.7 Å². The molecular formula is C23H24N5O3S2+. The second kappa shape index (κ2) is 9.18. The Bertz CT molecular complexity index is 1430. The Balaban J connectivity index is 1.65. The number of anilines is 3. The molecule has 0 bridgehead atoms. The fraction of sp³-hybridized carbons (Fsp3) is 0.130.